The number of carbonyl (C=O) groups excluding carboxylic acids is 2. The molecule has 1 rings (SSSR count). The second kappa shape index (κ2) is 81.0. The monoisotopic (exact) mass is 833 g/mol. The van der Waals surface area contributed by atoms with Crippen molar-refractivity contribution in [2.75, 3.05) is 14.2 Å². The minimum atomic E-state index is -0.789. The first-order chi connectivity index (χ1) is 14.9. The van der Waals surface area contributed by atoms with Crippen molar-refractivity contribution in [3.63, 3.8) is 0 Å². The summed E-state index contributed by atoms with van der Waals surface area (Å²) in [6, 6.07) is 0. The van der Waals surface area contributed by atoms with E-state index in [2.05, 4.69) is 26.0 Å². The van der Waals surface area contributed by atoms with Crippen LogP contribution in [0.4, 0.5) is 0 Å². The van der Waals surface area contributed by atoms with Gasteiger partial charge in [0.1, 0.15) is 0 Å². The number of ketones is 1. The molecule has 0 amide bonds. The molecule has 1 aliphatic rings. The summed E-state index contributed by atoms with van der Waals surface area (Å²) in [5.41, 5.74) is 1.67. The van der Waals surface area contributed by atoms with Crippen LogP contribution in [0.2, 0.25) is 0 Å². The molecule has 6 nitrogen and oxygen atoms in total. The molecule has 0 saturated carbocycles. The van der Waals surface area contributed by atoms with Crippen LogP contribution in [0.15, 0.2) is 47.0 Å². The highest BCUT2D eigenvalue weighted by molar-refractivity contribution is 5.97. The topological polar surface area (TPSA) is 82.1 Å². The average molecular weight is 834 g/mol. The molecule has 0 radical (unpaired) electrons. The first kappa shape index (κ1) is 169. The number of methoxy groups -OCH3 is 2. The van der Waals surface area contributed by atoms with Gasteiger partial charge >= 0.3 is 5.97 Å². The maximum absolute atomic E-state index is 12.8. The highest BCUT2D eigenvalue weighted by atomic mass is 16.6. The van der Waals surface area contributed by atoms with Crippen LogP contribution in [-0.4, -0.2) is 42.8 Å². The predicted octanol–water partition coefficient (Wildman–Crippen LogP) is 20.3. The molecule has 56 heavy (non-hydrogen) atoms. The number of carbonyl (C=O) groups is 2. The third-order valence-electron chi connectivity index (χ3n) is 5.60. The standard InChI is InChI=1S/C26H40O6.24CH4/c1-17(13-10-16-26(5,6)29)11-9-12-18(2)14-15-21-19(3)22(28)24(30-7)25(31-8)23(21)32-20(4)27;;;;;;;;;;;;;;;;;;;;;;;;/h10-11,14,16,19,21,23,29H,9,12-13,15H2,1-8H3;24*1H4/b16-10+,17-11+,18-14+;;;;;;;;;;;;;;;;;;;;;;;;/t19-,21-,23-;;;;;;;;;;;;;;;;;;;;;;;;/m1......................../s1. The average Bonchev–Trinajstić information content (AvgIpc) is 2.68. The molecule has 1 N–H and O–H groups in total. The fourth-order valence-corrected chi connectivity index (χ4v) is 3.77. The number of hydrogen-bond acceptors (Lipinski definition) is 6. The molecule has 0 spiro atoms. The van der Waals surface area contributed by atoms with Crippen molar-refractivity contribution < 1.29 is 28.9 Å². The molecule has 372 valence electrons. The lowest BCUT2D eigenvalue weighted by molar-refractivity contribution is -0.153. The summed E-state index contributed by atoms with van der Waals surface area (Å²) in [6.07, 6.45) is 10.7. The molecular formula is C50H136O6. The van der Waals surface area contributed by atoms with Gasteiger partial charge in [0, 0.05) is 18.8 Å². The van der Waals surface area contributed by atoms with Gasteiger partial charge in [-0.25, -0.2) is 0 Å². The highest BCUT2D eigenvalue weighted by Crippen LogP contribution is 2.37. The predicted molar refractivity (Wildman–Crippen MR) is 287 cm³/mol. The lowest BCUT2D eigenvalue weighted by Gasteiger charge is -2.35. The van der Waals surface area contributed by atoms with E-state index in [1.54, 1.807) is 19.9 Å². The van der Waals surface area contributed by atoms with Gasteiger partial charge < -0.3 is 19.3 Å². The number of rotatable bonds is 11. The summed E-state index contributed by atoms with van der Waals surface area (Å²) in [6.45, 7) is 10.9. The van der Waals surface area contributed by atoms with Crippen LogP contribution >= 0.6 is 0 Å². The van der Waals surface area contributed by atoms with Crippen molar-refractivity contribution in [3.8, 4) is 0 Å². The Morgan fingerprint density at radius 3 is 1.32 bits per heavy atom. The van der Waals surface area contributed by atoms with Crippen molar-refractivity contribution >= 4 is 11.8 Å². The molecule has 0 unspecified atom stereocenters. The maximum Gasteiger partial charge on any atom is 0.303 e. The maximum atomic E-state index is 12.8. The zero-order valence-electron chi connectivity index (χ0n) is 20.9. The van der Waals surface area contributed by atoms with Crippen LogP contribution < -0.4 is 0 Å². The molecule has 0 aromatic carbocycles. The van der Waals surface area contributed by atoms with Crippen LogP contribution in [0.3, 0.4) is 0 Å². The van der Waals surface area contributed by atoms with E-state index in [1.807, 2.05) is 13.0 Å². The molecule has 6 heteroatoms. The van der Waals surface area contributed by atoms with Gasteiger partial charge in [-0.05, 0) is 53.4 Å². The smallest absolute Gasteiger partial charge is 0.303 e. The number of esters is 1. The summed E-state index contributed by atoms with van der Waals surface area (Å²) in [5, 5.41) is 9.73. The molecule has 0 heterocycles. The molecule has 0 aromatic heterocycles. The second-order valence-electron chi connectivity index (χ2n) is 9.08. The normalized spacial score (nSPS) is 13.2. The van der Waals surface area contributed by atoms with Gasteiger partial charge in [0.05, 0.1) is 19.8 Å². The van der Waals surface area contributed by atoms with Gasteiger partial charge in [-0.3, -0.25) is 9.59 Å². The quantitative estimate of drug-likeness (QED) is 0.165. The Labute approximate surface area is 369 Å². The number of hydrogen-bond donors (Lipinski definition) is 1. The third kappa shape index (κ3) is 58.4. The van der Waals surface area contributed by atoms with Crippen LogP contribution in [0.25, 0.3) is 0 Å². The lowest BCUT2D eigenvalue weighted by atomic mass is 9.77. The first-order valence-corrected chi connectivity index (χ1v) is 11.2. The van der Waals surface area contributed by atoms with E-state index in [0.717, 1.165) is 19.3 Å². The van der Waals surface area contributed by atoms with E-state index >= 15 is 0 Å². The number of aliphatic hydroxyl groups is 1. The Bertz CT molecular complexity index is 784. The molecule has 0 aromatic rings. The number of ether oxygens (including phenoxy) is 3. The van der Waals surface area contributed by atoms with Crippen LogP contribution in [-0.2, 0) is 23.8 Å². The van der Waals surface area contributed by atoms with Crippen molar-refractivity contribution in [1.29, 1.82) is 0 Å². The summed E-state index contributed by atoms with van der Waals surface area (Å²) in [4.78, 5) is 24.5. The summed E-state index contributed by atoms with van der Waals surface area (Å²) < 4.78 is 16.2. The van der Waals surface area contributed by atoms with Crippen LogP contribution in [0.5, 0.6) is 0 Å². The van der Waals surface area contributed by atoms with Gasteiger partial charge in [-0.1, -0.05) is 221 Å². The second-order valence-corrected chi connectivity index (χ2v) is 9.08. The number of allylic oxidation sites excluding steroid dienone is 6. The van der Waals surface area contributed by atoms with Gasteiger partial charge in [-0.2, -0.15) is 0 Å². The molecule has 3 atom stereocenters. The Kier molecular flexibility index (Phi) is 245. The SMILES string of the molecule is C.C.C.C.C.C.C.C.C.C.C.C.C.C.C.C.C.C.C.C.C.C.C.C.COC1=C(OC)[C@H](OC(C)=O)[C@H](C/C=C(\C)CC/C=C(\C)C/C=C/C(C)(C)O)[C@@H](C)C1=O. The first-order valence-electron chi connectivity index (χ1n) is 11.2. The van der Waals surface area contributed by atoms with Crippen LogP contribution in [0, 0.1) is 11.8 Å². The van der Waals surface area contributed by atoms with E-state index < -0.39 is 17.7 Å². The van der Waals surface area contributed by atoms with E-state index in [0.29, 0.717) is 6.42 Å². The van der Waals surface area contributed by atoms with Crippen molar-refractivity contribution in [3.05, 3.63) is 47.0 Å². The van der Waals surface area contributed by atoms with Gasteiger partial charge in [-0.15, -0.1) is 0 Å². The fourth-order valence-electron chi connectivity index (χ4n) is 3.77. The number of Topliss-reactive ketones (excluding diaryl/α,β-unsaturated/α-hetero) is 1. The van der Waals surface area contributed by atoms with Gasteiger partial charge in [0.15, 0.2) is 11.9 Å². The van der Waals surface area contributed by atoms with E-state index in [-0.39, 0.29) is 207 Å². The van der Waals surface area contributed by atoms with Crippen molar-refractivity contribution in [2.45, 2.75) is 257 Å². The highest BCUT2D eigenvalue weighted by Gasteiger charge is 2.44. The summed E-state index contributed by atoms with van der Waals surface area (Å²) in [5.74, 6) is -0.739. The van der Waals surface area contributed by atoms with E-state index in [9.17, 15) is 14.7 Å². The lowest BCUT2D eigenvalue weighted by Crippen LogP contribution is -2.42. The molecular weight excluding hydrogens is 697 g/mol. The molecule has 0 bridgehead atoms. The zero-order valence-corrected chi connectivity index (χ0v) is 20.9. The zero-order chi connectivity index (χ0) is 24.5. The Balaban J connectivity index is -0.0000000194. The van der Waals surface area contributed by atoms with Crippen LogP contribution in [0.1, 0.15) is 245 Å². The Morgan fingerprint density at radius 1 is 0.643 bits per heavy atom. The van der Waals surface area contributed by atoms with Gasteiger partial charge in [0.25, 0.3) is 0 Å². The largest absolute Gasteiger partial charge is 0.493 e. The minimum absolute atomic E-state index is 0. The fraction of sp³-hybridized carbons (Fsp3) is 0.800. The Hall–Kier alpha value is -2.34. The van der Waals surface area contributed by atoms with Crippen molar-refractivity contribution in [2.24, 2.45) is 11.8 Å². The molecule has 0 fully saturated rings. The molecule has 0 aliphatic heterocycles. The minimum Gasteiger partial charge on any atom is -0.493 e. The Morgan fingerprint density at radius 2 is 1.02 bits per heavy atom. The summed E-state index contributed by atoms with van der Waals surface area (Å²) >= 11 is 0. The summed E-state index contributed by atoms with van der Waals surface area (Å²) in [7, 11) is 2.88. The van der Waals surface area contributed by atoms with Gasteiger partial charge in [0.2, 0.25) is 11.5 Å². The van der Waals surface area contributed by atoms with E-state index in [4.69, 9.17) is 14.2 Å². The molecule has 1 aliphatic carbocycles. The van der Waals surface area contributed by atoms with E-state index in [1.165, 1.54) is 32.3 Å². The third-order valence-corrected chi connectivity index (χ3v) is 5.60. The van der Waals surface area contributed by atoms with Crippen molar-refractivity contribution in [1.82, 2.24) is 0 Å². The molecule has 0 saturated heterocycles.